The Hall–Kier alpha value is -2.77. The minimum absolute atomic E-state index is 0.0501. The van der Waals surface area contributed by atoms with Crippen LogP contribution in [0.1, 0.15) is 41.3 Å². The molecule has 0 aromatic heterocycles. The molecule has 0 atom stereocenters. The number of fused-ring (bicyclic) bond motifs is 3. The van der Waals surface area contributed by atoms with Crippen LogP contribution in [-0.4, -0.2) is 5.78 Å². The third kappa shape index (κ3) is 1.87. The monoisotopic (exact) mass is 284 g/mol. The maximum absolute atomic E-state index is 11.8. The molecule has 1 heteroatoms. The van der Waals surface area contributed by atoms with E-state index in [1.807, 2.05) is 30.3 Å². The number of benzene rings is 2. The lowest BCUT2D eigenvalue weighted by Crippen LogP contribution is -2.24. The number of carbonyl (C=O) groups is 1. The second-order valence-electron chi connectivity index (χ2n) is 5.71. The molecule has 0 aliphatic heterocycles. The lowest BCUT2D eigenvalue weighted by molar-refractivity contribution is 0.101. The molecule has 106 valence electrons. The molecule has 1 aliphatic carbocycles. The summed E-state index contributed by atoms with van der Waals surface area (Å²) in [7, 11) is 0. The van der Waals surface area contributed by atoms with Gasteiger partial charge in [0, 0.05) is 23.8 Å². The molecule has 0 amide bonds. The first-order valence-electron chi connectivity index (χ1n) is 7.26. The molecule has 22 heavy (non-hydrogen) atoms. The molecule has 1 nitrogen and oxygen atoms in total. The van der Waals surface area contributed by atoms with Crippen LogP contribution in [0.2, 0.25) is 0 Å². The van der Waals surface area contributed by atoms with Crippen molar-refractivity contribution >= 4 is 5.78 Å². The highest BCUT2D eigenvalue weighted by atomic mass is 16.1. The average molecular weight is 284 g/mol. The van der Waals surface area contributed by atoms with Crippen LogP contribution < -0.4 is 0 Å². The van der Waals surface area contributed by atoms with E-state index in [4.69, 9.17) is 12.8 Å². The lowest BCUT2D eigenvalue weighted by Gasteiger charge is -2.28. The van der Waals surface area contributed by atoms with Crippen molar-refractivity contribution in [3.63, 3.8) is 0 Å². The molecule has 0 unspecified atom stereocenters. The minimum atomic E-state index is -0.388. The molecular weight excluding hydrogens is 268 g/mol. The number of hydrogen-bond donors (Lipinski definition) is 0. The van der Waals surface area contributed by atoms with Gasteiger partial charge in [-0.25, -0.2) is 0 Å². The summed E-state index contributed by atoms with van der Waals surface area (Å²) in [5.41, 5.74) is 4.86. The van der Waals surface area contributed by atoms with Gasteiger partial charge in [0.1, 0.15) is 0 Å². The molecule has 0 spiro atoms. The van der Waals surface area contributed by atoms with Crippen molar-refractivity contribution in [3.8, 4) is 35.8 Å². The summed E-state index contributed by atoms with van der Waals surface area (Å²) in [4.78, 5) is 11.8. The quantitative estimate of drug-likeness (QED) is 0.610. The maximum Gasteiger partial charge on any atom is 0.159 e. The molecule has 0 radical (unpaired) electrons. The Bertz CT molecular complexity index is 827. The standard InChI is InChI=1S/C21H16O/c1-4-12-21(13-5-2)19-9-7-6-8-17(19)18-11-10-16(15(3)22)14-20(18)21/h1-2,6-11,14H,12-13H2,3H3. The van der Waals surface area contributed by atoms with Gasteiger partial charge in [0.05, 0.1) is 0 Å². The highest BCUT2D eigenvalue weighted by Crippen LogP contribution is 2.52. The van der Waals surface area contributed by atoms with Gasteiger partial charge in [0.15, 0.2) is 5.78 Å². The Morgan fingerprint density at radius 1 is 1.00 bits per heavy atom. The van der Waals surface area contributed by atoms with E-state index < -0.39 is 0 Å². The Balaban J connectivity index is 2.36. The Morgan fingerprint density at radius 2 is 1.64 bits per heavy atom. The van der Waals surface area contributed by atoms with Crippen LogP contribution in [0.25, 0.3) is 11.1 Å². The molecule has 0 heterocycles. The van der Waals surface area contributed by atoms with Crippen molar-refractivity contribution in [3.05, 3.63) is 59.2 Å². The first-order chi connectivity index (χ1) is 10.6. The number of rotatable bonds is 3. The zero-order valence-corrected chi connectivity index (χ0v) is 12.5. The highest BCUT2D eigenvalue weighted by Gasteiger charge is 2.42. The minimum Gasteiger partial charge on any atom is -0.295 e. The average Bonchev–Trinajstić information content (AvgIpc) is 2.79. The SMILES string of the molecule is C#CCC1(CC#C)c2ccccc2-c2ccc(C(C)=O)cc21. The summed E-state index contributed by atoms with van der Waals surface area (Å²) < 4.78 is 0. The van der Waals surface area contributed by atoms with Crippen LogP contribution in [0, 0.1) is 24.7 Å². The van der Waals surface area contributed by atoms with Gasteiger partial charge in [0.25, 0.3) is 0 Å². The number of carbonyl (C=O) groups excluding carboxylic acids is 1. The second-order valence-corrected chi connectivity index (χ2v) is 5.71. The van der Waals surface area contributed by atoms with E-state index in [9.17, 15) is 4.79 Å². The first kappa shape index (κ1) is 14.2. The molecule has 0 saturated heterocycles. The zero-order valence-electron chi connectivity index (χ0n) is 12.5. The van der Waals surface area contributed by atoms with Crippen molar-refractivity contribution in [2.45, 2.75) is 25.2 Å². The van der Waals surface area contributed by atoms with Gasteiger partial charge in [-0.2, -0.15) is 0 Å². The van der Waals surface area contributed by atoms with Crippen molar-refractivity contribution in [2.24, 2.45) is 0 Å². The fourth-order valence-corrected chi connectivity index (χ4v) is 3.47. The number of hydrogen-bond acceptors (Lipinski definition) is 1. The first-order valence-corrected chi connectivity index (χ1v) is 7.26. The summed E-state index contributed by atoms with van der Waals surface area (Å²) >= 11 is 0. The van der Waals surface area contributed by atoms with E-state index in [0.29, 0.717) is 18.4 Å². The Morgan fingerprint density at radius 3 is 2.27 bits per heavy atom. The van der Waals surface area contributed by atoms with E-state index in [0.717, 1.165) is 16.7 Å². The van der Waals surface area contributed by atoms with Crippen LogP contribution in [0.3, 0.4) is 0 Å². The van der Waals surface area contributed by atoms with E-state index in [1.54, 1.807) is 6.92 Å². The van der Waals surface area contributed by atoms with Crippen molar-refractivity contribution in [1.29, 1.82) is 0 Å². The van der Waals surface area contributed by atoms with Crippen LogP contribution in [0.4, 0.5) is 0 Å². The maximum atomic E-state index is 11.8. The van der Waals surface area contributed by atoms with Crippen LogP contribution in [0.15, 0.2) is 42.5 Å². The lowest BCUT2D eigenvalue weighted by atomic mass is 9.73. The largest absolute Gasteiger partial charge is 0.295 e. The summed E-state index contributed by atoms with van der Waals surface area (Å²) in [6, 6.07) is 14.1. The normalized spacial score (nSPS) is 13.6. The van der Waals surface area contributed by atoms with Crippen LogP contribution >= 0.6 is 0 Å². The van der Waals surface area contributed by atoms with Crippen LogP contribution in [-0.2, 0) is 5.41 Å². The summed E-state index contributed by atoms with van der Waals surface area (Å²) in [5, 5.41) is 0. The number of Topliss-reactive ketones (excluding diaryl/α,β-unsaturated/α-hetero) is 1. The van der Waals surface area contributed by atoms with E-state index in [1.165, 1.54) is 5.56 Å². The third-order valence-corrected chi connectivity index (χ3v) is 4.48. The summed E-state index contributed by atoms with van der Waals surface area (Å²) in [5.74, 6) is 5.62. The summed E-state index contributed by atoms with van der Waals surface area (Å²) in [6.45, 7) is 1.58. The molecule has 0 saturated carbocycles. The Labute approximate surface area is 131 Å². The van der Waals surface area contributed by atoms with Crippen molar-refractivity contribution in [1.82, 2.24) is 0 Å². The second kappa shape index (κ2) is 5.21. The highest BCUT2D eigenvalue weighted by molar-refractivity contribution is 5.96. The number of ketones is 1. The molecule has 0 bridgehead atoms. The molecule has 0 N–H and O–H groups in total. The zero-order chi connectivity index (χ0) is 15.7. The molecule has 2 aromatic carbocycles. The molecule has 2 aromatic rings. The van der Waals surface area contributed by atoms with Gasteiger partial charge >= 0.3 is 0 Å². The predicted octanol–water partition coefficient (Wildman–Crippen LogP) is 4.20. The predicted molar refractivity (Wildman–Crippen MR) is 89.6 cm³/mol. The van der Waals surface area contributed by atoms with Crippen LogP contribution in [0.5, 0.6) is 0 Å². The van der Waals surface area contributed by atoms with Gasteiger partial charge in [-0.1, -0.05) is 36.4 Å². The molecule has 0 fully saturated rings. The van der Waals surface area contributed by atoms with Gasteiger partial charge in [-0.05, 0) is 35.2 Å². The fraction of sp³-hybridized carbons (Fsp3) is 0.190. The van der Waals surface area contributed by atoms with Crippen molar-refractivity contribution in [2.75, 3.05) is 0 Å². The third-order valence-electron chi connectivity index (χ3n) is 4.48. The molecule has 1 aliphatic rings. The number of terminal acetylenes is 2. The van der Waals surface area contributed by atoms with E-state index >= 15 is 0 Å². The van der Waals surface area contributed by atoms with Gasteiger partial charge in [0.2, 0.25) is 0 Å². The van der Waals surface area contributed by atoms with Gasteiger partial charge in [-0.15, -0.1) is 24.7 Å². The molecule has 3 rings (SSSR count). The summed E-state index contributed by atoms with van der Waals surface area (Å²) in [6.07, 6.45) is 12.4. The smallest absolute Gasteiger partial charge is 0.159 e. The van der Waals surface area contributed by atoms with Gasteiger partial charge < -0.3 is 0 Å². The topological polar surface area (TPSA) is 17.1 Å². The molecular formula is C21H16O. The van der Waals surface area contributed by atoms with E-state index in [-0.39, 0.29) is 11.2 Å². The van der Waals surface area contributed by atoms with Gasteiger partial charge in [-0.3, -0.25) is 4.79 Å². The van der Waals surface area contributed by atoms with E-state index in [2.05, 4.69) is 24.0 Å². The van der Waals surface area contributed by atoms with Crippen molar-refractivity contribution < 1.29 is 4.79 Å². The fourth-order valence-electron chi connectivity index (χ4n) is 3.47. The Kier molecular flexibility index (Phi) is 3.36.